The molecule has 1 amide bonds. The highest BCUT2D eigenvalue weighted by Gasteiger charge is 2.37. The lowest BCUT2D eigenvalue weighted by Crippen LogP contribution is -2.53. The van der Waals surface area contributed by atoms with Gasteiger partial charge >= 0.3 is 0 Å². The second-order valence-electron chi connectivity index (χ2n) is 7.01. The zero-order valence-corrected chi connectivity index (χ0v) is 15.0. The molecule has 2 atom stereocenters. The number of nitrogens with two attached hydrogens (primary N) is 1. The summed E-state index contributed by atoms with van der Waals surface area (Å²) in [5.41, 5.74) is 7.41. The second-order valence-corrected chi connectivity index (χ2v) is 7.42. The SMILES string of the molecule is COC1CNCCC1NC(=O)c1cc(Cl)c(N)c2c1OC(C)(C)C2. The number of piperidine rings is 1. The van der Waals surface area contributed by atoms with Crippen molar-refractivity contribution >= 4 is 23.2 Å². The summed E-state index contributed by atoms with van der Waals surface area (Å²) in [4.78, 5) is 12.8. The molecule has 2 aliphatic rings. The molecular weight excluding hydrogens is 330 g/mol. The van der Waals surface area contributed by atoms with Crippen LogP contribution in [0.25, 0.3) is 0 Å². The molecule has 2 unspecified atom stereocenters. The van der Waals surface area contributed by atoms with E-state index >= 15 is 0 Å². The van der Waals surface area contributed by atoms with E-state index < -0.39 is 5.60 Å². The van der Waals surface area contributed by atoms with Crippen molar-refractivity contribution in [1.29, 1.82) is 0 Å². The molecule has 0 radical (unpaired) electrons. The minimum Gasteiger partial charge on any atom is -0.486 e. The molecule has 24 heavy (non-hydrogen) atoms. The number of ether oxygens (including phenoxy) is 2. The van der Waals surface area contributed by atoms with Crippen LogP contribution in [0.15, 0.2) is 6.07 Å². The first-order valence-corrected chi connectivity index (χ1v) is 8.54. The van der Waals surface area contributed by atoms with Gasteiger partial charge in [0.25, 0.3) is 5.91 Å². The Morgan fingerprint density at radius 1 is 1.54 bits per heavy atom. The minimum atomic E-state index is -0.403. The molecule has 1 aromatic carbocycles. The molecule has 1 fully saturated rings. The molecule has 0 saturated carbocycles. The topological polar surface area (TPSA) is 85.6 Å². The molecule has 4 N–H and O–H groups in total. The predicted molar refractivity (Wildman–Crippen MR) is 93.8 cm³/mol. The standard InChI is InChI=1S/C17H24ClN3O3/c1-17(2)7-10-14(19)11(18)6-9(15(10)24-17)16(22)21-12-4-5-20-8-13(12)23-3/h6,12-13,20H,4-5,7-8,19H2,1-3H3,(H,21,22). The number of rotatable bonds is 3. The summed E-state index contributed by atoms with van der Waals surface area (Å²) < 4.78 is 11.4. The highest BCUT2D eigenvalue weighted by atomic mass is 35.5. The van der Waals surface area contributed by atoms with Crippen LogP contribution in [0.4, 0.5) is 5.69 Å². The van der Waals surface area contributed by atoms with E-state index in [1.54, 1.807) is 13.2 Å². The van der Waals surface area contributed by atoms with Crippen LogP contribution in [0.5, 0.6) is 5.75 Å². The maximum absolute atomic E-state index is 12.8. The fourth-order valence-corrected chi connectivity index (χ4v) is 3.61. The van der Waals surface area contributed by atoms with E-state index in [0.717, 1.165) is 18.5 Å². The van der Waals surface area contributed by atoms with Gasteiger partial charge in [-0.2, -0.15) is 0 Å². The largest absolute Gasteiger partial charge is 0.486 e. The van der Waals surface area contributed by atoms with Gasteiger partial charge in [0.2, 0.25) is 0 Å². The van der Waals surface area contributed by atoms with Gasteiger partial charge in [0.15, 0.2) is 0 Å². The maximum atomic E-state index is 12.8. The van der Waals surface area contributed by atoms with E-state index in [9.17, 15) is 4.79 Å². The summed E-state index contributed by atoms with van der Waals surface area (Å²) in [7, 11) is 1.65. The third-order valence-corrected chi connectivity index (χ3v) is 4.96. The summed E-state index contributed by atoms with van der Waals surface area (Å²) in [6, 6.07) is 1.54. The Labute approximate surface area is 147 Å². The van der Waals surface area contributed by atoms with E-state index in [1.807, 2.05) is 13.8 Å². The number of benzene rings is 1. The number of hydrogen-bond acceptors (Lipinski definition) is 5. The first-order valence-electron chi connectivity index (χ1n) is 8.16. The lowest BCUT2D eigenvalue weighted by atomic mass is 9.98. The van der Waals surface area contributed by atoms with Crippen molar-refractivity contribution in [2.24, 2.45) is 0 Å². The number of amides is 1. The first-order chi connectivity index (χ1) is 11.3. The van der Waals surface area contributed by atoms with E-state index in [1.165, 1.54) is 0 Å². The molecule has 0 bridgehead atoms. The Balaban J connectivity index is 1.88. The molecule has 0 aliphatic carbocycles. The number of nitrogen functional groups attached to an aromatic ring is 1. The van der Waals surface area contributed by atoms with Gasteiger partial charge in [-0.05, 0) is 32.9 Å². The number of methoxy groups -OCH3 is 1. The van der Waals surface area contributed by atoms with Crippen LogP contribution < -0.4 is 21.1 Å². The fourth-order valence-electron chi connectivity index (χ4n) is 3.39. The van der Waals surface area contributed by atoms with Gasteiger partial charge in [-0.3, -0.25) is 4.79 Å². The van der Waals surface area contributed by atoms with E-state index in [4.69, 9.17) is 26.8 Å². The smallest absolute Gasteiger partial charge is 0.255 e. The molecule has 0 aromatic heterocycles. The Morgan fingerprint density at radius 2 is 2.29 bits per heavy atom. The average molecular weight is 354 g/mol. The molecular formula is C17H24ClN3O3. The van der Waals surface area contributed by atoms with Crippen molar-refractivity contribution < 1.29 is 14.3 Å². The lowest BCUT2D eigenvalue weighted by Gasteiger charge is -2.31. The molecule has 0 spiro atoms. The summed E-state index contributed by atoms with van der Waals surface area (Å²) in [6.07, 6.45) is 1.38. The van der Waals surface area contributed by atoms with Gasteiger partial charge in [0.1, 0.15) is 11.4 Å². The minimum absolute atomic E-state index is 0.0508. The van der Waals surface area contributed by atoms with Crippen molar-refractivity contribution in [3.05, 3.63) is 22.2 Å². The number of hydrogen-bond donors (Lipinski definition) is 3. The van der Waals surface area contributed by atoms with Gasteiger partial charge in [0, 0.05) is 25.6 Å². The molecule has 7 heteroatoms. The maximum Gasteiger partial charge on any atom is 0.255 e. The fraction of sp³-hybridized carbons (Fsp3) is 0.588. The van der Waals surface area contributed by atoms with Crippen molar-refractivity contribution in [3.63, 3.8) is 0 Å². The van der Waals surface area contributed by atoms with Crippen LogP contribution in [-0.4, -0.2) is 43.9 Å². The van der Waals surface area contributed by atoms with Crippen LogP contribution in [0.2, 0.25) is 5.02 Å². The summed E-state index contributed by atoms with van der Waals surface area (Å²) in [5.74, 6) is 0.335. The molecule has 3 rings (SSSR count). The molecule has 1 aromatic rings. The van der Waals surface area contributed by atoms with Crippen LogP contribution in [0.3, 0.4) is 0 Å². The zero-order chi connectivity index (χ0) is 17.5. The van der Waals surface area contributed by atoms with Gasteiger partial charge < -0.3 is 25.8 Å². The number of carbonyl (C=O) groups is 1. The van der Waals surface area contributed by atoms with Gasteiger partial charge in [-0.1, -0.05) is 11.6 Å². The zero-order valence-electron chi connectivity index (χ0n) is 14.2. The van der Waals surface area contributed by atoms with Gasteiger partial charge in [0.05, 0.1) is 28.4 Å². The van der Waals surface area contributed by atoms with E-state index in [0.29, 0.717) is 35.0 Å². The van der Waals surface area contributed by atoms with E-state index in [2.05, 4.69) is 10.6 Å². The van der Waals surface area contributed by atoms with Crippen molar-refractivity contribution in [1.82, 2.24) is 10.6 Å². The molecule has 2 aliphatic heterocycles. The molecule has 1 saturated heterocycles. The lowest BCUT2D eigenvalue weighted by molar-refractivity contribution is 0.0474. The van der Waals surface area contributed by atoms with Gasteiger partial charge in [-0.15, -0.1) is 0 Å². The van der Waals surface area contributed by atoms with Crippen molar-refractivity contribution in [2.75, 3.05) is 25.9 Å². The Hall–Kier alpha value is -1.50. The highest BCUT2D eigenvalue weighted by Crippen LogP contribution is 2.44. The van der Waals surface area contributed by atoms with E-state index in [-0.39, 0.29) is 18.1 Å². The predicted octanol–water partition coefficient (Wildman–Crippen LogP) is 1.74. The second kappa shape index (κ2) is 6.43. The monoisotopic (exact) mass is 353 g/mol. The molecule has 6 nitrogen and oxygen atoms in total. The highest BCUT2D eigenvalue weighted by molar-refractivity contribution is 6.33. The van der Waals surface area contributed by atoms with Crippen LogP contribution >= 0.6 is 11.6 Å². The van der Waals surface area contributed by atoms with Gasteiger partial charge in [-0.25, -0.2) is 0 Å². The Kier molecular flexibility index (Phi) is 4.64. The quantitative estimate of drug-likeness (QED) is 0.721. The summed E-state index contributed by atoms with van der Waals surface area (Å²) >= 11 is 6.24. The van der Waals surface area contributed by atoms with Crippen LogP contribution in [0, 0.1) is 0 Å². The van der Waals surface area contributed by atoms with Crippen molar-refractivity contribution in [2.45, 2.75) is 44.4 Å². The number of anilines is 1. The Bertz CT molecular complexity index is 663. The number of nitrogens with one attached hydrogen (secondary N) is 2. The normalized spacial score (nSPS) is 25.0. The summed E-state index contributed by atoms with van der Waals surface area (Å²) in [6.45, 7) is 5.49. The van der Waals surface area contributed by atoms with Crippen molar-refractivity contribution in [3.8, 4) is 5.75 Å². The number of halogens is 1. The third-order valence-electron chi connectivity index (χ3n) is 4.64. The molecule has 132 valence electrons. The first kappa shape index (κ1) is 17.3. The third kappa shape index (κ3) is 3.18. The number of fused-ring (bicyclic) bond motifs is 1. The summed E-state index contributed by atoms with van der Waals surface area (Å²) in [5, 5.41) is 6.70. The molecule has 2 heterocycles. The number of carbonyl (C=O) groups excluding carboxylic acids is 1. The average Bonchev–Trinajstić information content (AvgIpc) is 2.87. The van der Waals surface area contributed by atoms with Crippen LogP contribution in [0.1, 0.15) is 36.2 Å². The Morgan fingerprint density at radius 3 is 3.00 bits per heavy atom. The van der Waals surface area contributed by atoms with Crippen LogP contribution in [-0.2, 0) is 11.2 Å².